The molecule has 4 rings (SSSR count). The standard InChI is InChI=1S/C21H23N3OS3/c1-13-15(14(2)23-21(22-13)26-3)6-7-19(25)24-10-8-17-16(9-12-28-17)20(24)18-5-4-11-27-18/h4-5,9,11-12,20H,6-8,10H2,1-3H3/t20-/m0/s1. The molecule has 3 aromatic rings. The van der Waals surface area contributed by atoms with Gasteiger partial charge in [-0.25, -0.2) is 9.97 Å². The summed E-state index contributed by atoms with van der Waals surface area (Å²) in [6.07, 6.45) is 4.11. The van der Waals surface area contributed by atoms with Crippen LogP contribution in [-0.4, -0.2) is 33.6 Å². The molecule has 28 heavy (non-hydrogen) atoms. The first kappa shape index (κ1) is 19.6. The molecule has 0 saturated carbocycles. The van der Waals surface area contributed by atoms with E-state index in [-0.39, 0.29) is 11.9 Å². The maximum absolute atomic E-state index is 13.2. The van der Waals surface area contributed by atoms with E-state index in [2.05, 4.69) is 43.8 Å². The van der Waals surface area contributed by atoms with Crippen molar-refractivity contribution in [3.05, 3.63) is 61.2 Å². The van der Waals surface area contributed by atoms with Gasteiger partial charge in [0.1, 0.15) is 0 Å². The van der Waals surface area contributed by atoms with Crippen molar-refractivity contribution in [2.45, 2.75) is 44.3 Å². The van der Waals surface area contributed by atoms with E-state index in [1.54, 1.807) is 34.4 Å². The molecule has 0 spiro atoms. The number of hydrogen-bond donors (Lipinski definition) is 0. The fourth-order valence-corrected chi connectivity index (χ4v) is 6.09. The smallest absolute Gasteiger partial charge is 0.223 e. The van der Waals surface area contributed by atoms with Crippen LogP contribution < -0.4 is 0 Å². The molecule has 146 valence electrons. The molecule has 0 N–H and O–H groups in total. The molecule has 0 bridgehead atoms. The van der Waals surface area contributed by atoms with Gasteiger partial charge in [0.2, 0.25) is 5.91 Å². The van der Waals surface area contributed by atoms with Crippen LogP contribution in [0.1, 0.15) is 44.7 Å². The number of carbonyl (C=O) groups is 1. The van der Waals surface area contributed by atoms with Gasteiger partial charge in [-0.05, 0) is 67.0 Å². The quantitative estimate of drug-likeness (QED) is 0.421. The summed E-state index contributed by atoms with van der Waals surface area (Å²) in [6, 6.07) is 6.46. The van der Waals surface area contributed by atoms with Crippen molar-refractivity contribution in [1.82, 2.24) is 14.9 Å². The molecule has 0 saturated heterocycles. The second kappa shape index (κ2) is 8.35. The van der Waals surface area contributed by atoms with E-state index in [1.807, 2.05) is 20.1 Å². The van der Waals surface area contributed by atoms with Crippen molar-refractivity contribution in [3.63, 3.8) is 0 Å². The van der Waals surface area contributed by atoms with Crippen molar-refractivity contribution in [1.29, 1.82) is 0 Å². The summed E-state index contributed by atoms with van der Waals surface area (Å²) >= 11 is 5.09. The minimum Gasteiger partial charge on any atom is -0.330 e. The van der Waals surface area contributed by atoms with Crippen LogP contribution in [-0.2, 0) is 17.6 Å². The van der Waals surface area contributed by atoms with E-state index in [0.29, 0.717) is 12.8 Å². The van der Waals surface area contributed by atoms with Crippen molar-refractivity contribution >= 4 is 40.3 Å². The summed E-state index contributed by atoms with van der Waals surface area (Å²) in [5.41, 5.74) is 4.37. The Morgan fingerprint density at radius 3 is 2.68 bits per heavy atom. The topological polar surface area (TPSA) is 46.1 Å². The number of thiophene rings is 2. The molecule has 0 unspecified atom stereocenters. The normalized spacial score (nSPS) is 16.2. The molecule has 1 aliphatic rings. The molecule has 1 amide bonds. The number of aryl methyl sites for hydroxylation is 2. The molecule has 0 aromatic carbocycles. The first-order valence-corrected chi connectivity index (χ1v) is 12.3. The fraction of sp³-hybridized carbons (Fsp3) is 0.381. The lowest BCUT2D eigenvalue weighted by molar-refractivity contribution is -0.133. The first-order chi connectivity index (χ1) is 13.6. The fourth-order valence-electron chi connectivity index (χ4n) is 3.88. The molecule has 7 heteroatoms. The van der Waals surface area contributed by atoms with Gasteiger partial charge in [-0.1, -0.05) is 17.8 Å². The second-order valence-corrected chi connectivity index (χ2v) is 9.67. The SMILES string of the molecule is CSc1nc(C)c(CCC(=O)N2CCc3sccc3[C@H]2c2cccs2)c(C)n1. The Bertz CT molecular complexity index is 958. The monoisotopic (exact) mass is 429 g/mol. The number of thioether (sulfide) groups is 1. The number of carbonyl (C=O) groups excluding carboxylic acids is 1. The lowest BCUT2D eigenvalue weighted by Crippen LogP contribution is -2.39. The van der Waals surface area contributed by atoms with Crippen LogP contribution in [0.4, 0.5) is 0 Å². The van der Waals surface area contributed by atoms with E-state index in [1.165, 1.54) is 15.3 Å². The molecular formula is C21H23N3OS3. The molecular weight excluding hydrogens is 406 g/mol. The largest absolute Gasteiger partial charge is 0.330 e. The first-order valence-electron chi connectivity index (χ1n) is 9.35. The number of amides is 1. The van der Waals surface area contributed by atoms with Gasteiger partial charge in [-0.2, -0.15) is 0 Å². The Kier molecular flexibility index (Phi) is 5.85. The Balaban J connectivity index is 1.55. The second-order valence-electron chi connectivity index (χ2n) is 6.91. The molecule has 4 nitrogen and oxygen atoms in total. The number of aromatic nitrogens is 2. The highest BCUT2D eigenvalue weighted by molar-refractivity contribution is 7.98. The Morgan fingerprint density at radius 2 is 2.00 bits per heavy atom. The van der Waals surface area contributed by atoms with Gasteiger partial charge >= 0.3 is 0 Å². The third-order valence-electron chi connectivity index (χ3n) is 5.27. The van der Waals surface area contributed by atoms with E-state index < -0.39 is 0 Å². The number of fused-ring (bicyclic) bond motifs is 1. The Morgan fingerprint density at radius 1 is 1.21 bits per heavy atom. The summed E-state index contributed by atoms with van der Waals surface area (Å²) in [4.78, 5) is 27.1. The van der Waals surface area contributed by atoms with Crippen molar-refractivity contribution in [2.24, 2.45) is 0 Å². The van der Waals surface area contributed by atoms with Crippen LogP contribution in [0.3, 0.4) is 0 Å². The summed E-state index contributed by atoms with van der Waals surface area (Å²) in [7, 11) is 0. The zero-order chi connectivity index (χ0) is 19.7. The van der Waals surface area contributed by atoms with Gasteiger partial charge < -0.3 is 4.90 Å². The summed E-state index contributed by atoms with van der Waals surface area (Å²) < 4.78 is 0. The molecule has 3 aromatic heterocycles. The van der Waals surface area contributed by atoms with Gasteiger partial charge in [-0.15, -0.1) is 22.7 Å². The van der Waals surface area contributed by atoms with Gasteiger partial charge in [0, 0.05) is 34.1 Å². The van der Waals surface area contributed by atoms with E-state index in [0.717, 1.165) is 35.1 Å². The van der Waals surface area contributed by atoms with Gasteiger partial charge in [0.25, 0.3) is 0 Å². The molecule has 0 radical (unpaired) electrons. The molecule has 1 aliphatic heterocycles. The average molecular weight is 430 g/mol. The average Bonchev–Trinajstić information content (AvgIpc) is 3.37. The zero-order valence-corrected chi connectivity index (χ0v) is 18.7. The van der Waals surface area contributed by atoms with Crippen LogP contribution in [0.15, 0.2) is 34.1 Å². The van der Waals surface area contributed by atoms with E-state index in [4.69, 9.17) is 0 Å². The minimum absolute atomic E-state index is 0.0554. The molecule has 1 atom stereocenters. The molecule has 0 aliphatic carbocycles. The highest BCUT2D eigenvalue weighted by Crippen LogP contribution is 2.39. The van der Waals surface area contributed by atoms with E-state index in [9.17, 15) is 4.79 Å². The Labute approximate surface area is 178 Å². The van der Waals surface area contributed by atoms with Gasteiger partial charge in [-0.3, -0.25) is 4.79 Å². The van der Waals surface area contributed by atoms with Crippen LogP contribution in [0, 0.1) is 13.8 Å². The van der Waals surface area contributed by atoms with E-state index >= 15 is 0 Å². The third-order valence-corrected chi connectivity index (χ3v) is 7.74. The molecule has 4 heterocycles. The lowest BCUT2D eigenvalue weighted by atomic mass is 9.97. The summed E-state index contributed by atoms with van der Waals surface area (Å²) in [5, 5.41) is 5.04. The predicted octanol–water partition coefficient (Wildman–Crippen LogP) is 5.05. The number of nitrogens with zero attached hydrogens (tertiary/aromatic N) is 3. The van der Waals surface area contributed by atoms with Crippen LogP contribution in [0.2, 0.25) is 0 Å². The maximum atomic E-state index is 13.2. The number of rotatable bonds is 5. The highest BCUT2D eigenvalue weighted by atomic mass is 32.2. The predicted molar refractivity (Wildman–Crippen MR) is 118 cm³/mol. The van der Waals surface area contributed by atoms with Crippen molar-refractivity contribution in [2.75, 3.05) is 12.8 Å². The van der Waals surface area contributed by atoms with Gasteiger partial charge in [0.15, 0.2) is 5.16 Å². The molecule has 0 fully saturated rings. The van der Waals surface area contributed by atoms with Crippen LogP contribution in [0.5, 0.6) is 0 Å². The van der Waals surface area contributed by atoms with Crippen molar-refractivity contribution < 1.29 is 4.79 Å². The van der Waals surface area contributed by atoms with Crippen LogP contribution in [0.25, 0.3) is 0 Å². The minimum atomic E-state index is 0.0554. The lowest BCUT2D eigenvalue weighted by Gasteiger charge is -2.35. The highest BCUT2D eigenvalue weighted by Gasteiger charge is 2.33. The number of hydrogen-bond acceptors (Lipinski definition) is 6. The summed E-state index contributed by atoms with van der Waals surface area (Å²) in [6.45, 7) is 4.82. The maximum Gasteiger partial charge on any atom is 0.223 e. The third kappa shape index (κ3) is 3.75. The van der Waals surface area contributed by atoms with Crippen molar-refractivity contribution in [3.8, 4) is 0 Å². The zero-order valence-electron chi connectivity index (χ0n) is 16.3. The van der Waals surface area contributed by atoms with Gasteiger partial charge in [0.05, 0.1) is 6.04 Å². The summed E-state index contributed by atoms with van der Waals surface area (Å²) in [5.74, 6) is 0.211. The Hall–Kier alpha value is -1.70. The van der Waals surface area contributed by atoms with Crippen LogP contribution >= 0.6 is 34.4 Å².